The Morgan fingerprint density at radius 2 is 2.11 bits per heavy atom. The predicted molar refractivity (Wildman–Crippen MR) is 59.6 cm³/mol. The van der Waals surface area contributed by atoms with Crippen LogP contribution in [0, 0.1) is 0 Å². The predicted octanol–water partition coefficient (Wildman–Crippen LogP) is 2.25. The molecule has 0 atom stereocenters. The average molecular weight is 283 g/mol. The molecule has 1 aromatic rings. The van der Waals surface area contributed by atoms with Crippen LogP contribution in [0.2, 0.25) is 0 Å². The van der Waals surface area contributed by atoms with E-state index in [0.717, 1.165) is 0 Å². The van der Waals surface area contributed by atoms with Gasteiger partial charge in [0.15, 0.2) is 0 Å². The Balaban J connectivity index is 2.86. The summed E-state index contributed by atoms with van der Waals surface area (Å²) in [4.78, 5) is 15.4. The van der Waals surface area contributed by atoms with Gasteiger partial charge < -0.3 is 10.0 Å². The molecule has 0 saturated heterocycles. The molecular formula is C9H12F3N3O2S. The molecule has 0 amide bonds. The molecule has 1 heterocycles. The largest absolute Gasteiger partial charge is 0.481 e. The molecule has 5 nitrogen and oxygen atoms in total. The van der Waals surface area contributed by atoms with Crippen molar-refractivity contribution < 1.29 is 23.1 Å². The zero-order chi connectivity index (χ0) is 13.9. The van der Waals surface area contributed by atoms with Crippen molar-refractivity contribution >= 4 is 22.6 Å². The molecule has 102 valence electrons. The van der Waals surface area contributed by atoms with E-state index in [1.165, 1.54) is 4.90 Å². The summed E-state index contributed by atoms with van der Waals surface area (Å²) in [5.74, 6) is -2.20. The van der Waals surface area contributed by atoms with Crippen molar-refractivity contribution in [3.63, 3.8) is 0 Å². The molecule has 0 unspecified atom stereocenters. The third-order valence-corrected chi connectivity index (χ3v) is 2.86. The molecule has 0 spiro atoms. The second kappa shape index (κ2) is 5.51. The van der Waals surface area contributed by atoms with Crippen LogP contribution >= 0.6 is 11.5 Å². The van der Waals surface area contributed by atoms with E-state index >= 15 is 0 Å². The third kappa shape index (κ3) is 3.83. The van der Waals surface area contributed by atoms with E-state index in [0.29, 0.717) is 11.5 Å². The number of hydrogen-bond acceptors (Lipinski definition) is 5. The van der Waals surface area contributed by atoms with Gasteiger partial charge in [-0.25, -0.2) is 0 Å². The molecule has 0 saturated carbocycles. The lowest BCUT2D eigenvalue weighted by Gasteiger charge is -2.24. The number of aromatic nitrogens is 2. The summed E-state index contributed by atoms with van der Waals surface area (Å²) < 4.78 is 40.3. The van der Waals surface area contributed by atoms with Crippen LogP contribution in [0.15, 0.2) is 0 Å². The minimum atomic E-state index is -4.58. The molecule has 1 rings (SSSR count). The SMILES string of the molecule is CC(C)N(CCC(=O)O)c1nc(C(F)(F)F)ns1. The van der Waals surface area contributed by atoms with Crippen molar-refractivity contribution in [1.29, 1.82) is 0 Å². The highest BCUT2D eigenvalue weighted by Gasteiger charge is 2.36. The number of alkyl halides is 3. The fourth-order valence-corrected chi connectivity index (χ4v) is 2.08. The van der Waals surface area contributed by atoms with Crippen molar-refractivity contribution in [3.05, 3.63) is 5.82 Å². The van der Waals surface area contributed by atoms with Crippen LogP contribution in [0.25, 0.3) is 0 Å². The van der Waals surface area contributed by atoms with E-state index in [-0.39, 0.29) is 24.1 Å². The van der Waals surface area contributed by atoms with Crippen LogP contribution in [0.4, 0.5) is 18.3 Å². The van der Waals surface area contributed by atoms with Crippen LogP contribution < -0.4 is 4.90 Å². The topological polar surface area (TPSA) is 66.3 Å². The molecule has 0 radical (unpaired) electrons. The molecule has 9 heteroatoms. The number of nitrogens with zero attached hydrogens (tertiary/aromatic N) is 3. The van der Waals surface area contributed by atoms with Gasteiger partial charge in [0, 0.05) is 24.1 Å². The van der Waals surface area contributed by atoms with Gasteiger partial charge in [-0.15, -0.1) is 0 Å². The highest BCUT2D eigenvalue weighted by Crippen LogP contribution is 2.30. The van der Waals surface area contributed by atoms with Crippen LogP contribution in [-0.2, 0) is 11.0 Å². The zero-order valence-corrected chi connectivity index (χ0v) is 10.5. The maximum Gasteiger partial charge on any atom is 0.452 e. The first-order valence-corrected chi connectivity index (χ1v) is 5.88. The molecule has 0 aromatic carbocycles. The Kier molecular flexibility index (Phi) is 4.49. The minimum Gasteiger partial charge on any atom is -0.481 e. The summed E-state index contributed by atoms with van der Waals surface area (Å²) in [5.41, 5.74) is 0. The quantitative estimate of drug-likeness (QED) is 0.897. The average Bonchev–Trinajstić information content (AvgIpc) is 2.65. The van der Waals surface area contributed by atoms with Gasteiger partial charge >= 0.3 is 12.1 Å². The fraction of sp³-hybridized carbons (Fsp3) is 0.667. The van der Waals surface area contributed by atoms with Gasteiger partial charge in [-0.1, -0.05) is 0 Å². The number of anilines is 1. The van der Waals surface area contributed by atoms with Crippen molar-refractivity contribution in [1.82, 2.24) is 9.36 Å². The third-order valence-electron chi connectivity index (χ3n) is 2.10. The number of carboxylic acid groups (broad SMARTS) is 1. The Labute approximate surface area is 105 Å². The van der Waals surface area contributed by atoms with Gasteiger partial charge in [0.05, 0.1) is 6.42 Å². The van der Waals surface area contributed by atoms with Gasteiger partial charge in [0.2, 0.25) is 11.0 Å². The number of halogens is 3. The van der Waals surface area contributed by atoms with Crippen molar-refractivity contribution in [3.8, 4) is 0 Å². The molecule has 18 heavy (non-hydrogen) atoms. The molecule has 0 aliphatic carbocycles. The van der Waals surface area contributed by atoms with Crippen LogP contribution in [-0.4, -0.2) is 33.0 Å². The standard InChI is InChI=1S/C9H12F3N3O2S/c1-5(2)15(4-3-6(16)17)8-13-7(14-18-8)9(10,11)12/h5H,3-4H2,1-2H3,(H,16,17). The van der Waals surface area contributed by atoms with Crippen molar-refractivity contribution in [2.24, 2.45) is 0 Å². The molecule has 1 N–H and O–H groups in total. The molecular weight excluding hydrogens is 271 g/mol. The second-order valence-corrected chi connectivity index (χ2v) is 4.56. The lowest BCUT2D eigenvalue weighted by molar-refractivity contribution is -0.144. The second-order valence-electron chi connectivity index (χ2n) is 3.83. The first-order valence-electron chi connectivity index (χ1n) is 5.11. The maximum atomic E-state index is 12.3. The van der Waals surface area contributed by atoms with Gasteiger partial charge in [-0.3, -0.25) is 4.79 Å². The first kappa shape index (κ1) is 14.7. The molecule has 0 fully saturated rings. The monoisotopic (exact) mass is 283 g/mol. The summed E-state index contributed by atoms with van der Waals surface area (Å²) in [5, 5.41) is 8.67. The number of aliphatic carboxylic acids is 1. The lowest BCUT2D eigenvalue weighted by atomic mass is 10.3. The summed E-state index contributed by atoms with van der Waals surface area (Å²) in [6.07, 6.45) is -4.75. The summed E-state index contributed by atoms with van der Waals surface area (Å²) in [7, 11) is 0. The smallest absolute Gasteiger partial charge is 0.452 e. The van der Waals surface area contributed by atoms with Gasteiger partial charge in [-0.05, 0) is 13.8 Å². The van der Waals surface area contributed by atoms with Crippen LogP contribution in [0.5, 0.6) is 0 Å². The van der Waals surface area contributed by atoms with E-state index in [9.17, 15) is 18.0 Å². The highest BCUT2D eigenvalue weighted by molar-refractivity contribution is 7.09. The van der Waals surface area contributed by atoms with E-state index in [2.05, 4.69) is 9.36 Å². The van der Waals surface area contributed by atoms with Gasteiger partial charge in [0.25, 0.3) is 0 Å². The number of carboxylic acids is 1. The lowest BCUT2D eigenvalue weighted by Crippen LogP contribution is -2.32. The Morgan fingerprint density at radius 1 is 1.50 bits per heavy atom. The summed E-state index contributed by atoms with van der Waals surface area (Å²) >= 11 is 0.616. The molecule has 0 bridgehead atoms. The molecule has 1 aromatic heterocycles. The van der Waals surface area contributed by atoms with Crippen molar-refractivity contribution in [2.45, 2.75) is 32.5 Å². The van der Waals surface area contributed by atoms with Crippen LogP contribution in [0.1, 0.15) is 26.1 Å². The minimum absolute atomic E-state index is 0.0820. The van der Waals surface area contributed by atoms with E-state index in [1.807, 2.05) is 0 Å². The number of hydrogen-bond donors (Lipinski definition) is 1. The van der Waals surface area contributed by atoms with Crippen LogP contribution in [0.3, 0.4) is 0 Å². The van der Waals surface area contributed by atoms with Gasteiger partial charge in [0.1, 0.15) is 0 Å². The summed E-state index contributed by atoms with van der Waals surface area (Å²) in [6, 6.07) is -0.154. The Hall–Kier alpha value is -1.38. The van der Waals surface area contributed by atoms with Gasteiger partial charge in [-0.2, -0.15) is 22.5 Å². The fourth-order valence-electron chi connectivity index (χ4n) is 1.24. The first-order chi connectivity index (χ1) is 8.21. The Bertz CT molecular complexity index is 419. The molecule has 0 aliphatic rings. The Morgan fingerprint density at radius 3 is 2.50 bits per heavy atom. The maximum absolute atomic E-state index is 12.3. The number of rotatable bonds is 5. The van der Waals surface area contributed by atoms with E-state index < -0.39 is 18.0 Å². The number of carbonyl (C=O) groups is 1. The van der Waals surface area contributed by atoms with E-state index in [1.54, 1.807) is 13.8 Å². The normalized spacial score (nSPS) is 11.9. The van der Waals surface area contributed by atoms with E-state index in [4.69, 9.17) is 5.11 Å². The zero-order valence-electron chi connectivity index (χ0n) is 9.73. The van der Waals surface area contributed by atoms with Crippen molar-refractivity contribution in [2.75, 3.05) is 11.4 Å². The summed E-state index contributed by atoms with van der Waals surface area (Å²) in [6.45, 7) is 3.59. The molecule has 0 aliphatic heterocycles. The highest BCUT2D eigenvalue weighted by atomic mass is 32.1.